The van der Waals surface area contributed by atoms with Crippen molar-refractivity contribution in [1.82, 2.24) is 25.3 Å². The van der Waals surface area contributed by atoms with Gasteiger partial charge in [-0.2, -0.15) is 0 Å². The molecule has 0 saturated heterocycles. The molecule has 0 saturated carbocycles. The first-order valence-electron chi connectivity index (χ1n) is 21.1. The van der Waals surface area contributed by atoms with E-state index in [0.717, 1.165) is 15.9 Å². The van der Waals surface area contributed by atoms with Crippen molar-refractivity contribution in [2.75, 3.05) is 20.8 Å². The maximum absolute atomic E-state index is 14.0. The maximum Gasteiger partial charge on any atom is 0.408 e. The highest BCUT2D eigenvalue weighted by Gasteiger charge is 2.53. The van der Waals surface area contributed by atoms with Crippen molar-refractivity contribution >= 4 is 64.8 Å². The third-order valence-electron chi connectivity index (χ3n) is 10.4. The molecule has 0 unspecified atom stereocenters. The van der Waals surface area contributed by atoms with Crippen molar-refractivity contribution in [3.63, 3.8) is 0 Å². The first kappa shape index (κ1) is 47.5. The zero-order chi connectivity index (χ0) is 46.4. The third-order valence-corrected chi connectivity index (χ3v) is 18.1. The number of thiazole rings is 3. The zero-order valence-corrected chi connectivity index (χ0v) is 41.3. The van der Waals surface area contributed by atoms with E-state index < -0.39 is 44.4 Å². The molecule has 7 rings (SSSR count). The van der Waals surface area contributed by atoms with E-state index in [0.29, 0.717) is 43.4 Å². The summed E-state index contributed by atoms with van der Waals surface area (Å²) in [5.41, 5.74) is 3.22. The lowest BCUT2D eigenvalue weighted by molar-refractivity contribution is -0.108. The minimum Gasteiger partial charge on any atom is -0.461 e. The molecular weight excluding hydrogens is 895 g/mol. The molecule has 0 spiro atoms. The van der Waals surface area contributed by atoms with E-state index in [-0.39, 0.29) is 17.3 Å². The number of carbonyl (C=O) groups excluding carboxylic acids is 2. The van der Waals surface area contributed by atoms with E-state index in [9.17, 15) is 9.59 Å². The van der Waals surface area contributed by atoms with Gasteiger partial charge in [-0.3, -0.25) is 0 Å². The lowest BCUT2D eigenvalue weighted by Crippen LogP contribution is -2.67. The van der Waals surface area contributed by atoms with Crippen LogP contribution in [-0.4, -0.2) is 66.7 Å². The summed E-state index contributed by atoms with van der Waals surface area (Å²) in [6, 6.07) is 33.7. The van der Waals surface area contributed by atoms with Crippen LogP contribution in [0.4, 0.5) is 4.79 Å². The Morgan fingerprint density at radius 2 is 1.29 bits per heavy atom. The molecule has 338 valence electrons. The van der Waals surface area contributed by atoms with E-state index >= 15 is 0 Å². The van der Waals surface area contributed by atoms with Crippen LogP contribution in [0.25, 0.3) is 32.7 Å². The number of carbonyl (C=O) groups is 2. The molecule has 2 atom stereocenters. The lowest BCUT2D eigenvalue weighted by atomic mass is 10.0. The van der Waals surface area contributed by atoms with E-state index in [2.05, 4.69) is 79.6 Å². The maximum atomic E-state index is 14.0. The molecule has 0 aliphatic rings. The van der Waals surface area contributed by atoms with Crippen LogP contribution >= 0.6 is 34.0 Å². The average molecular weight is 948 g/mol. The Labute approximate surface area is 393 Å². The Morgan fingerprint density at radius 1 is 0.692 bits per heavy atom. The standard InChI is InChI=1S/C49H53N5O7S3Si/c1-10-59-45(55)38-30-62-42(53-38)34-26-27-35(46(57-8)58-9)50-39(34)36-28-63-43(51-36)37-29-64-44(52-37)40(54-47(56)60-48(2,3)4)41(31-20-14-11-15-21-31)61-65(49(5,6)7,32-22-16-12-17-23-32)33-24-18-13-19-25-33/h11-30,40-41,46H,10H2,1-9H3,(H,54,56)/t40-,41+/m1/s1. The normalized spacial score (nSPS) is 13.1. The second-order valence-electron chi connectivity index (χ2n) is 17.0. The van der Waals surface area contributed by atoms with Gasteiger partial charge in [-0.05, 0) is 60.8 Å². The van der Waals surface area contributed by atoms with Gasteiger partial charge >= 0.3 is 12.1 Å². The lowest BCUT2D eigenvalue weighted by Gasteiger charge is -2.46. The Bertz CT molecular complexity index is 2640. The summed E-state index contributed by atoms with van der Waals surface area (Å²) < 4.78 is 30.1. The third kappa shape index (κ3) is 10.7. The second-order valence-corrected chi connectivity index (χ2v) is 23.9. The Kier molecular flexibility index (Phi) is 14.9. The van der Waals surface area contributed by atoms with Crippen molar-refractivity contribution in [2.45, 2.75) is 77.5 Å². The number of pyridine rings is 1. The quantitative estimate of drug-likeness (QED) is 0.0561. The summed E-state index contributed by atoms with van der Waals surface area (Å²) in [6.45, 7) is 14.2. The van der Waals surface area contributed by atoms with Gasteiger partial charge in [0.05, 0.1) is 18.4 Å². The molecule has 0 aliphatic heterocycles. The Morgan fingerprint density at radius 3 is 1.88 bits per heavy atom. The predicted octanol–water partition coefficient (Wildman–Crippen LogP) is 10.8. The van der Waals surface area contributed by atoms with Gasteiger partial charge in [-0.15, -0.1) is 34.0 Å². The Hall–Kier alpha value is -5.46. The number of methoxy groups -OCH3 is 2. The molecule has 0 aliphatic carbocycles. The van der Waals surface area contributed by atoms with Crippen molar-refractivity contribution in [2.24, 2.45) is 0 Å². The summed E-state index contributed by atoms with van der Waals surface area (Å²) in [4.78, 5) is 46.5. The van der Waals surface area contributed by atoms with Crippen LogP contribution in [0.3, 0.4) is 0 Å². The van der Waals surface area contributed by atoms with Crippen LogP contribution in [-0.2, 0) is 23.4 Å². The number of esters is 1. The summed E-state index contributed by atoms with van der Waals surface area (Å²) in [7, 11) is -0.131. The molecule has 0 bridgehead atoms. The van der Waals surface area contributed by atoms with Gasteiger partial charge in [0.1, 0.15) is 43.7 Å². The number of amides is 1. The molecule has 0 fully saturated rings. The predicted molar refractivity (Wildman–Crippen MR) is 260 cm³/mol. The molecule has 0 radical (unpaired) electrons. The van der Waals surface area contributed by atoms with Gasteiger partial charge in [0.25, 0.3) is 8.32 Å². The number of nitrogens with zero attached hydrogens (tertiary/aromatic N) is 4. The SMILES string of the molecule is CCOC(=O)c1csc(-c2ccc(C(OC)OC)nc2-c2csc(-c3csc([C@H](NC(=O)OC(C)(C)C)[C@@H](O[Si](c4ccccc4)(c4ccccc4)C(C)(C)C)c4ccccc4)n3)n2)n1. The summed E-state index contributed by atoms with van der Waals surface area (Å²) in [5, 5.41) is 12.4. The van der Waals surface area contributed by atoms with Crippen LogP contribution in [0, 0.1) is 0 Å². The summed E-state index contributed by atoms with van der Waals surface area (Å²) in [5.74, 6) is -0.499. The highest BCUT2D eigenvalue weighted by atomic mass is 32.1. The van der Waals surface area contributed by atoms with Crippen molar-refractivity contribution < 1.29 is 33.0 Å². The van der Waals surface area contributed by atoms with Gasteiger partial charge in [0, 0.05) is 35.9 Å². The van der Waals surface area contributed by atoms with Crippen LogP contribution in [0.5, 0.6) is 0 Å². The van der Waals surface area contributed by atoms with E-state index in [1.807, 2.05) is 80.1 Å². The summed E-state index contributed by atoms with van der Waals surface area (Å²) in [6.07, 6.45) is -2.05. The molecule has 1 amide bonds. The van der Waals surface area contributed by atoms with Crippen molar-refractivity contribution in [3.8, 4) is 32.7 Å². The highest BCUT2D eigenvalue weighted by molar-refractivity contribution is 7.14. The van der Waals surface area contributed by atoms with Crippen LogP contribution in [0.2, 0.25) is 5.04 Å². The number of hydrogen-bond donors (Lipinski definition) is 1. The molecule has 16 heteroatoms. The van der Waals surface area contributed by atoms with Gasteiger partial charge in [-0.1, -0.05) is 112 Å². The number of alkyl carbamates (subject to hydrolysis) is 1. The largest absolute Gasteiger partial charge is 0.461 e. The van der Waals surface area contributed by atoms with E-state index in [1.54, 1.807) is 32.6 Å². The molecule has 4 heterocycles. The zero-order valence-electron chi connectivity index (χ0n) is 37.9. The fourth-order valence-electron chi connectivity index (χ4n) is 7.59. The van der Waals surface area contributed by atoms with Gasteiger partial charge in [-0.25, -0.2) is 29.5 Å². The minimum atomic E-state index is -3.22. The second kappa shape index (κ2) is 20.4. The fourth-order valence-corrected chi connectivity index (χ4v) is 14.8. The smallest absolute Gasteiger partial charge is 0.408 e. The topological polar surface area (TPSA) is 144 Å². The van der Waals surface area contributed by atoms with Crippen LogP contribution in [0.1, 0.15) is 93.7 Å². The van der Waals surface area contributed by atoms with Gasteiger partial charge in [0.2, 0.25) is 6.29 Å². The number of rotatable bonds is 16. The number of aromatic nitrogens is 4. The van der Waals surface area contributed by atoms with E-state index in [4.69, 9.17) is 38.3 Å². The first-order chi connectivity index (χ1) is 31.1. The molecule has 12 nitrogen and oxygen atoms in total. The molecule has 4 aromatic heterocycles. The number of ether oxygens (including phenoxy) is 4. The number of nitrogens with one attached hydrogen (secondary N) is 1. The highest BCUT2D eigenvalue weighted by Crippen LogP contribution is 2.45. The fraction of sp³-hybridized carbons (Fsp3) is 0.306. The number of hydrogen-bond acceptors (Lipinski definition) is 14. The number of benzene rings is 3. The van der Waals surface area contributed by atoms with Crippen LogP contribution < -0.4 is 15.7 Å². The first-order valence-corrected chi connectivity index (χ1v) is 25.6. The Balaban J connectivity index is 1.35. The summed E-state index contributed by atoms with van der Waals surface area (Å²) >= 11 is 4.12. The van der Waals surface area contributed by atoms with Gasteiger partial charge in [0.15, 0.2) is 5.69 Å². The minimum absolute atomic E-state index is 0.213. The van der Waals surface area contributed by atoms with Crippen LogP contribution in [0.15, 0.2) is 119 Å². The average Bonchev–Trinajstić information content (AvgIpc) is 4.09. The van der Waals surface area contributed by atoms with E-state index in [1.165, 1.54) is 34.0 Å². The molecular formula is C49H53N5O7S3Si. The molecule has 1 N–H and O–H groups in total. The molecule has 7 aromatic rings. The molecule has 3 aromatic carbocycles. The van der Waals surface area contributed by atoms with Crippen molar-refractivity contribution in [1.29, 1.82) is 0 Å². The molecule has 65 heavy (non-hydrogen) atoms. The van der Waals surface area contributed by atoms with Gasteiger partial charge < -0.3 is 28.7 Å². The van der Waals surface area contributed by atoms with Crippen molar-refractivity contribution in [3.05, 3.63) is 141 Å². The monoisotopic (exact) mass is 947 g/mol.